The van der Waals surface area contributed by atoms with Gasteiger partial charge in [-0.1, -0.05) is 18.2 Å². The fourth-order valence-corrected chi connectivity index (χ4v) is 3.43. The minimum absolute atomic E-state index is 0.149. The molecule has 8 heteroatoms. The first-order chi connectivity index (χ1) is 12.4. The van der Waals surface area contributed by atoms with Crippen LogP contribution in [0.3, 0.4) is 0 Å². The Morgan fingerprint density at radius 3 is 2.58 bits per heavy atom. The first-order valence-corrected chi connectivity index (χ1v) is 10.0. The molecule has 0 bridgehead atoms. The Morgan fingerprint density at radius 1 is 1.19 bits per heavy atom. The first-order valence-electron chi connectivity index (χ1n) is 8.19. The van der Waals surface area contributed by atoms with E-state index in [1.807, 2.05) is 18.2 Å². The van der Waals surface area contributed by atoms with Crippen molar-refractivity contribution in [1.29, 1.82) is 0 Å². The number of benzene rings is 1. The Morgan fingerprint density at radius 2 is 1.92 bits per heavy atom. The summed E-state index contributed by atoms with van der Waals surface area (Å²) < 4.78 is 30.8. The molecule has 1 aromatic carbocycles. The Bertz CT molecular complexity index is 825. The summed E-state index contributed by atoms with van der Waals surface area (Å²) >= 11 is 0. The van der Waals surface area contributed by atoms with Crippen molar-refractivity contribution in [3.8, 4) is 5.75 Å². The molecule has 1 N–H and O–H groups in total. The van der Waals surface area contributed by atoms with E-state index in [2.05, 4.69) is 10.3 Å². The van der Waals surface area contributed by atoms with Crippen LogP contribution in [0.15, 0.2) is 48.7 Å². The van der Waals surface area contributed by atoms with E-state index in [1.165, 1.54) is 11.4 Å². The molecule has 7 nitrogen and oxygen atoms in total. The van der Waals surface area contributed by atoms with Crippen LogP contribution in [0.4, 0.5) is 5.69 Å². The second-order valence-electron chi connectivity index (χ2n) is 5.71. The lowest BCUT2D eigenvalue weighted by Crippen LogP contribution is -2.32. The monoisotopic (exact) mass is 377 g/mol. The molecular weight excluding hydrogens is 354 g/mol. The fraction of sp³-hybridized carbons (Fsp3) is 0.333. The van der Waals surface area contributed by atoms with Gasteiger partial charge in [-0.05, 0) is 30.7 Å². The van der Waals surface area contributed by atoms with Gasteiger partial charge in [0.25, 0.3) is 0 Å². The molecule has 0 saturated heterocycles. The molecule has 140 valence electrons. The van der Waals surface area contributed by atoms with Gasteiger partial charge in [-0.25, -0.2) is 8.42 Å². The number of carbonyl (C=O) groups excluding carboxylic acids is 1. The van der Waals surface area contributed by atoms with E-state index in [0.29, 0.717) is 24.4 Å². The first kappa shape index (κ1) is 19.7. The SMILES string of the molecule is COc1ccccc1N(CCCC(=O)NCc1ccccn1)S(C)(=O)=O. The van der Waals surface area contributed by atoms with Crippen LogP contribution < -0.4 is 14.4 Å². The summed E-state index contributed by atoms with van der Waals surface area (Å²) in [6.07, 6.45) is 3.41. The zero-order chi connectivity index (χ0) is 19.0. The van der Waals surface area contributed by atoms with E-state index in [4.69, 9.17) is 4.74 Å². The van der Waals surface area contributed by atoms with Crippen molar-refractivity contribution in [2.24, 2.45) is 0 Å². The number of pyridine rings is 1. The number of amides is 1. The molecule has 2 rings (SSSR count). The number of ether oxygens (including phenoxy) is 1. The van der Waals surface area contributed by atoms with E-state index < -0.39 is 10.0 Å². The largest absolute Gasteiger partial charge is 0.495 e. The number of sulfonamides is 1. The lowest BCUT2D eigenvalue weighted by Gasteiger charge is -2.24. The van der Waals surface area contributed by atoms with E-state index >= 15 is 0 Å². The predicted octanol–water partition coefficient (Wildman–Crippen LogP) is 1.95. The van der Waals surface area contributed by atoms with Crippen molar-refractivity contribution in [3.05, 3.63) is 54.4 Å². The molecule has 0 fully saturated rings. The van der Waals surface area contributed by atoms with Crippen LogP contribution in [0.5, 0.6) is 5.75 Å². The number of methoxy groups -OCH3 is 1. The number of rotatable bonds is 9. The molecule has 0 radical (unpaired) electrons. The van der Waals surface area contributed by atoms with Crippen molar-refractivity contribution >= 4 is 21.6 Å². The average molecular weight is 377 g/mol. The molecule has 0 unspecified atom stereocenters. The molecular formula is C18H23N3O4S. The molecule has 0 aliphatic heterocycles. The van der Waals surface area contributed by atoms with Crippen LogP contribution in [0.2, 0.25) is 0 Å². The molecule has 0 aliphatic rings. The van der Waals surface area contributed by atoms with Crippen LogP contribution in [0.1, 0.15) is 18.5 Å². The van der Waals surface area contributed by atoms with Crippen molar-refractivity contribution in [3.63, 3.8) is 0 Å². The third-order valence-corrected chi connectivity index (χ3v) is 4.89. The van der Waals surface area contributed by atoms with Gasteiger partial charge in [-0.15, -0.1) is 0 Å². The van der Waals surface area contributed by atoms with Gasteiger partial charge in [0.1, 0.15) is 5.75 Å². The van der Waals surface area contributed by atoms with E-state index in [1.54, 1.807) is 30.5 Å². The van der Waals surface area contributed by atoms with Crippen molar-refractivity contribution in [1.82, 2.24) is 10.3 Å². The van der Waals surface area contributed by atoms with Gasteiger partial charge in [0.15, 0.2) is 0 Å². The zero-order valence-corrected chi connectivity index (χ0v) is 15.7. The second-order valence-corrected chi connectivity index (χ2v) is 7.62. The summed E-state index contributed by atoms with van der Waals surface area (Å²) in [5, 5.41) is 2.78. The number of nitrogens with one attached hydrogen (secondary N) is 1. The lowest BCUT2D eigenvalue weighted by atomic mass is 10.2. The number of hydrogen-bond donors (Lipinski definition) is 1. The summed E-state index contributed by atoms with van der Waals surface area (Å²) in [7, 11) is -2.00. The third kappa shape index (κ3) is 5.73. The number of aromatic nitrogens is 1. The van der Waals surface area contributed by atoms with Crippen LogP contribution >= 0.6 is 0 Å². The molecule has 0 atom stereocenters. The average Bonchev–Trinajstić information content (AvgIpc) is 2.63. The molecule has 1 amide bonds. The maximum Gasteiger partial charge on any atom is 0.232 e. The standard InChI is InChI=1S/C18H23N3O4S/c1-25-17-10-4-3-9-16(17)21(26(2,23)24)13-7-11-18(22)20-14-15-8-5-6-12-19-15/h3-6,8-10,12H,7,11,13-14H2,1-2H3,(H,20,22). The normalized spacial score (nSPS) is 11.0. The van der Waals surface area contributed by atoms with Gasteiger partial charge in [0, 0.05) is 19.2 Å². The molecule has 0 aliphatic carbocycles. The van der Waals surface area contributed by atoms with Gasteiger partial charge in [-0.2, -0.15) is 0 Å². The molecule has 0 spiro atoms. The summed E-state index contributed by atoms with van der Waals surface area (Å²) in [4.78, 5) is 16.1. The van der Waals surface area contributed by atoms with Crippen molar-refractivity contribution in [2.45, 2.75) is 19.4 Å². The fourth-order valence-electron chi connectivity index (χ4n) is 2.46. The Balaban J connectivity index is 1.93. The van der Waals surface area contributed by atoms with Gasteiger partial charge in [0.05, 0.1) is 31.3 Å². The van der Waals surface area contributed by atoms with Crippen LogP contribution in [0.25, 0.3) is 0 Å². The quantitative estimate of drug-likeness (QED) is 0.722. The molecule has 1 heterocycles. The molecule has 26 heavy (non-hydrogen) atoms. The topological polar surface area (TPSA) is 88.6 Å². The predicted molar refractivity (Wildman–Crippen MR) is 101 cm³/mol. The van der Waals surface area contributed by atoms with Gasteiger partial charge in [-0.3, -0.25) is 14.1 Å². The van der Waals surface area contributed by atoms with Crippen molar-refractivity contribution in [2.75, 3.05) is 24.2 Å². The maximum atomic E-state index is 12.1. The van der Waals surface area contributed by atoms with Crippen molar-refractivity contribution < 1.29 is 17.9 Å². The molecule has 1 aromatic heterocycles. The summed E-state index contributed by atoms with van der Waals surface area (Å²) in [5.41, 5.74) is 1.24. The van der Waals surface area contributed by atoms with E-state index in [-0.39, 0.29) is 18.9 Å². The number of anilines is 1. The summed E-state index contributed by atoms with van der Waals surface area (Å²) in [6.45, 7) is 0.540. The Hall–Kier alpha value is -2.61. The van der Waals surface area contributed by atoms with Crippen LogP contribution in [0, 0.1) is 0 Å². The maximum absolute atomic E-state index is 12.1. The van der Waals surface area contributed by atoms with E-state index in [0.717, 1.165) is 11.9 Å². The Kier molecular flexibility index (Phi) is 6.97. The number of para-hydroxylation sites is 2. The van der Waals surface area contributed by atoms with E-state index in [9.17, 15) is 13.2 Å². The molecule has 0 saturated carbocycles. The number of carbonyl (C=O) groups is 1. The highest BCUT2D eigenvalue weighted by atomic mass is 32.2. The molecule has 2 aromatic rings. The summed E-state index contributed by atoms with van der Waals surface area (Å²) in [6, 6.07) is 12.4. The van der Waals surface area contributed by atoms with Gasteiger partial charge < -0.3 is 10.1 Å². The minimum Gasteiger partial charge on any atom is -0.495 e. The highest BCUT2D eigenvalue weighted by Gasteiger charge is 2.20. The second kappa shape index (κ2) is 9.19. The minimum atomic E-state index is -3.49. The van der Waals surface area contributed by atoms with Gasteiger partial charge in [0.2, 0.25) is 15.9 Å². The third-order valence-electron chi connectivity index (χ3n) is 3.71. The van der Waals surface area contributed by atoms with Gasteiger partial charge >= 0.3 is 0 Å². The number of hydrogen-bond acceptors (Lipinski definition) is 5. The Labute approximate surface area is 154 Å². The smallest absolute Gasteiger partial charge is 0.232 e. The van der Waals surface area contributed by atoms with Crippen LogP contribution in [-0.4, -0.2) is 39.2 Å². The van der Waals surface area contributed by atoms with Crippen LogP contribution in [-0.2, 0) is 21.4 Å². The summed E-state index contributed by atoms with van der Waals surface area (Å²) in [5.74, 6) is 0.321. The highest BCUT2D eigenvalue weighted by Crippen LogP contribution is 2.29. The lowest BCUT2D eigenvalue weighted by molar-refractivity contribution is -0.121. The zero-order valence-electron chi connectivity index (χ0n) is 14.9. The highest BCUT2D eigenvalue weighted by molar-refractivity contribution is 7.92. The number of nitrogens with zero attached hydrogens (tertiary/aromatic N) is 2.